The maximum atomic E-state index is 10.5. The molecule has 0 spiro atoms. The summed E-state index contributed by atoms with van der Waals surface area (Å²) in [6, 6.07) is 0. The Hall–Kier alpha value is -5.58. The number of nitrogens with one attached hydrogen (secondary N) is 6. The molecule has 0 rings (SSSR count). The predicted molar refractivity (Wildman–Crippen MR) is 297 cm³/mol. The number of ether oxygens (including phenoxy) is 4. The molecule has 0 fully saturated rings. The van der Waals surface area contributed by atoms with Crippen molar-refractivity contribution in [2.24, 2.45) is 0 Å². The van der Waals surface area contributed by atoms with E-state index in [1.165, 1.54) is 61.0 Å². The van der Waals surface area contributed by atoms with Gasteiger partial charge in [0.05, 0.1) is 46.1 Å². The lowest BCUT2D eigenvalue weighted by Gasteiger charge is -2.00. The highest BCUT2D eigenvalue weighted by Gasteiger charge is 1.99. The van der Waals surface area contributed by atoms with Gasteiger partial charge in [-0.3, -0.25) is 53.3 Å². The lowest BCUT2D eigenvalue weighted by atomic mass is 10.4. The van der Waals surface area contributed by atoms with Crippen molar-refractivity contribution < 1.29 is 76.5 Å². The van der Waals surface area contributed by atoms with Gasteiger partial charge in [0, 0.05) is 60.4 Å². The van der Waals surface area contributed by atoms with Gasteiger partial charge < -0.3 is 50.3 Å². The van der Waals surface area contributed by atoms with Crippen LogP contribution in [0.2, 0.25) is 0 Å². The zero-order valence-electron chi connectivity index (χ0n) is 49.3. The second kappa shape index (κ2) is 90.2. The molecule has 22 heteroatoms. The van der Waals surface area contributed by atoms with Gasteiger partial charge in [0.2, 0.25) is 17.7 Å². The number of methoxy groups -OCH3 is 1. The normalized spacial score (nSPS) is 8.30. The van der Waals surface area contributed by atoms with Gasteiger partial charge in [0.1, 0.15) is 35.5 Å². The fourth-order valence-corrected chi connectivity index (χ4v) is 2.47. The molecule has 0 aliphatic carbocycles. The third-order valence-electron chi connectivity index (χ3n) is 5.64. The molecule has 0 aliphatic rings. The monoisotopic (exact) mass is 1070 g/mol. The van der Waals surface area contributed by atoms with Crippen LogP contribution in [0.5, 0.6) is 0 Å². The number of carbonyl (C=O) groups is 12. The standard InChI is InChI=1S/C6H11NO3.C6H11NO2.C5H11NO2.C5H11NO.C5H10O2.C5H8O.2C4H9NO.C4H8O2.C4H8O.C3H8.CH4/c1-3-10-6(9)7-4-5(2)8;1-3-6(9)7-4-5(2)8;1-5(7)3-6-4-8-2;1-3-6-4-5(2)7;1-3-7-4-5(2)6;1-3-4-5(2)6;1-3-4(6)5-2;1-3-5-4(2)6;1-3-6-4(2)5;1-3-4(2)5;1-3-2;/h3-4H2,1-2H3,(H,7,9);3-4H2,1-2H3,(H,7,9);6H,3-4H2,1-2H3;6H,3-4H2,1-2H3;3-4H2,1-2H3;3-4H,1-2H3;2*3H2,1-2H3,(H,5,6);3H2,1-2H3;3H2,1-2H3;3H2,1-2H3;1H4. The van der Waals surface area contributed by atoms with Crippen LogP contribution in [0.3, 0.4) is 0 Å². The number of ketones is 7. The van der Waals surface area contributed by atoms with Crippen molar-refractivity contribution in [1.82, 2.24) is 31.9 Å². The van der Waals surface area contributed by atoms with Gasteiger partial charge in [-0.15, -0.1) is 0 Å². The van der Waals surface area contributed by atoms with Crippen molar-refractivity contribution in [3.63, 3.8) is 0 Å². The largest absolute Gasteiger partial charge is 0.466 e. The number of carbonyl (C=O) groups excluding carboxylic acids is 12. The number of Topliss-reactive ketones (excluding diaryl/α,β-unsaturated/α-hetero) is 6. The van der Waals surface area contributed by atoms with Crippen LogP contribution >= 0.6 is 0 Å². The third kappa shape index (κ3) is 203. The average Bonchev–Trinajstić information content (AvgIpc) is 3.30. The fraction of sp³-hybridized carbons (Fsp3) is 0.731. The molecule has 22 nitrogen and oxygen atoms in total. The highest BCUT2D eigenvalue weighted by Crippen LogP contribution is 1.77. The van der Waals surface area contributed by atoms with E-state index in [0.29, 0.717) is 58.9 Å². The molecule has 0 saturated heterocycles. The molecule has 74 heavy (non-hydrogen) atoms. The van der Waals surface area contributed by atoms with Crippen molar-refractivity contribution in [3.05, 3.63) is 12.2 Å². The molecule has 6 N–H and O–H groups in total. The molecule has 0 saturated carbocycles. The van der Waals surface area contributed by atoms with E-state index in [-0.39, 0.29) is 91.3 Å². The van der Waals surface area contributed by atoms with Gasteiger partial charge in [-0.2, -0.15) is 0 Å². The maximum Gasteiger partial charge on any atom is 0.407 e. The minimum absolute atomic E-state index is 0. The topological polar surface area (TPSA) is 314 Å². The van der Waals surface area contributed by atoms with Crippen molar-refractivity contribution in [2.45, 2.75) is 172 Å². The lowest BCUT2D eigenvalue weighted by molar-refractivity contribution is -0.140. The third-order valence-corrected chi connectivity index (χ3v) is 5.64. The van der Waals surface area contributed by atoms with E-state index >= 15 is 0 Å². The predicted octanol–water partition coefficient (Wildman–Crippen LogP) is 6.03. The Balaban J connectivity index is -0.0000000576. The van der Waals surface area contributed by atoms with E-state index in [1.807, 2.05) is 41.5 Å². The van der Waals surface area contributed by atoms with Crippen LogP contribution in [0.25, 0.3) is 0 Å². The Morgan fingerprint density at radius 3 is 1.04 bits per heavy atom. The van der Waals surface area contributed by atoms with Crippen molar-refractivity contribution >= 4 is 70.3 Å². The van der Waals surface area contributed by atoms with Crippen LogP contribution in [0, 0.1) is 0 Å². The highest BCUT2D eigenvalue weighted by atomic mass is 16.5. The lowest BCUT2D eigenvalue weighted by Crippen LogP contribution is -2.28. The molecule has 4 amide bonds. The summed E-state index contributed by atoms with van der Waals surface area (Å²) in [5, 5.41) is 15.4. The molecular formula is C52H108N6O16. The maximum absolute atomic E-state index is 10.5. The quantitative estimate of drug-likeness (QED) is 0.0331. The van der Waals surface area contributed by atoms with E-state index in [4.69, 9.17) is 4.74 Å². The molecular weight excluding hydrogens is 965 g/mol. The first kappa shape index (κ1) is 97.7. The number of rotatable bonds is 21. The first-order valence-electron chi connectivity index (χ1n) is 24.3. The molecule has 0 aromatic heterocycles. The number of esters is 1. The Morgan fingerprint density at radius 1 is 0.473 bits per heavy atom. The smallest absolute Gasteiger partial charge is 0.407 e. The van der Waals surface area contributed by atoms with Gasteiger partial charge >= 0.3 is 12.1 Å². The van der Waals surface area contributed by atoms with E-state index in [9.17, 15) is 57.5 Å². The molecule has 0 aliphatic heterocycles. The van der Waals surface area contributed by atoms with Gasteiger partial charge in [-0.05, 0) is 95.7 Å². The molecule has 0 aromatic rings. The summed E-state index contributed by atoms with van der Waals surface area (Å²) < 4.78 is 18.3. The summed E-state index contributed by atoms with van der Waals surface area (Å²) in [6.45, 7) is 39.0. The number of hydrogen-bond acceptors (Lipinski definition) is 18. The first-order chi connectivity index (χ1) is 33.9. The number of alkyl carbamates (subject to hydrolysis) is 1. The summed E-state index contributed by atoms with van der Waals surface area (Å²) in [7, 11) is 3.21. The van der Waals surface area contributed by atoms with Gasteiger partial charge in [0.15, 0.2) is 11.6 Å². The molecule has 0 bridgehead atoms. The fourth-order valence-electron chi connectivity index (χ4n) is 2.47. The van der Waals surface area contributed by atoms with Crippen molar-refractivity contribution in [1.29, 1.82) is 0 Å². The molecule has 0 aromatic carbocycles. The van der Waals surface area contributed by atoms with Gasteiger partial charge in [-0.1, -0.05) is 61.5 Å². The summed E-state index contributed by atoms with van der Waals surface area (Å²) >= 11 is 0. The Morgan fingerprint density at radius 2 is 0.878 bits per heavy atom. The summed E-state index contributed by atoms with van der Waals surface area (Å²) in [5.74, 6) is 0.508. The van der Waals surface area contributed by atoms with Crippen LogP contribution in [-0.2, 0) is 71.7 Å². The summed E-state index contributed by atoms with van der Waals surface area (Å²) in [5.41, 5.74) is 0. The molecule has 0 unspecified atom stereocenters. The average molecular weight is 1070 g/mol. The number of hydrogen-bond donors (Lipinski definition) is 6. The first-order valence-corrected chi connectivity index (χ1v) is 24.3. The SMILES string of the molecule is C.CC=CC(C)=O.CCC.CCC(=O)NC.CCC(=O)NCC(C)=O.CCC(C)=O.CCNC(C)=O.CCNCC(C)=O.CCOC(=O)NCC(C)=O.CCOC(C)=O.CCOCC(C)=O.COCNCC(C)=O. The minimum atomic E-state index is -0.544. The summed E-state index contributed by atoms with van der Waals surface area (Å²) in [6.07, 6.45) is 5.64. The van der Waals surface area contributed by atoms with E-state index in [0.717, 1.165) is 13.1 Å². The van der Waals surface area contributed by atoms with Crippen LogP contribution in [-0.4, -0.2) is 157 Å². The van der Waals surface area contributed by atoms with Gasteiger partial charge in [-0.25, -0.2) is 4.79 Å². The van der Waals surface area contributed by atoms with Gasteiger partial charge in [0.25, 0.3) is 0 Å². The van der Waals surface area contributed by atoms with Crippen molar-refractivity contribution in [3.8, 4) is 0 Å². The zero-order valence-corrected chi connectivity index (χ0v) is 49.3. The van der Waals surface area contributed by atoms with Crippen molar-refractivity contribution in [2.75, 3.05) is 86.6 Å². The Labute approximate surface area is 447 Å². The highest BCUT2D eigenvalue weighted by molar-refractivity contribution is 5.87. The molecule has 0 atom stereocenters. The van der Waals surface area contributed by atoms with Crippen LogP contribution in [0.4, 0.5) is 4.79 Å². The van der Waals surface area contributed by atoms with Crippen LogP contribution < -0.4 is 31.9 Å². The molecule has 0 heterocycles. The van der Waals surface area contributed by atoms with Crippen LogP contribution in [0.1, 0.15) is 172 Å². The number of allylic oxidation sites excluding steroid dienone is 2. The van der Waals surface area contributed by atoms with Crippen LogP contribution in [0.15, 0.2) is 12.2 Å². The number of likely N-dealkylation sites (N-methyl/N-ethyl adjacent to an activating group) is 1. The number of amides is 4. The molecule has 0 radical (unpaired) electrons. The van der Waals surface area contributed by atoms with E-state index in [2.05, 4.69) is 60.0 Å². The Kier molecular flexibility index (Phi) is 119. The van der Waals surface area contributed by atoms with E-state index in [1.54, 1.807) is 54.9 Å². The second-order valence-corrected chi connectivity index (χ2v) is 13.9. The Bertz CT molecular complexity index is 1350. The summed E-state index contributed by atoms with van der Waals surface area (Å²) in [4.78, 5) is 121. The zero-order chi connectivity index (χ0) is 60.0. The molecule has 442 valence electrons. The van der Waals surface area contributed by atoms with E-state index < -0.39 is 6.09 Å². The minimum Gasteiger partial charge on any atom is -0.466 e. The second-order valence-electron chi connectivity index (χ2n) is 13.9.